The first-order valence-electron chi connectivity index (χ1n) is 7.81. The molecular weight excluding hydrogens is 250 g/mol. The van der Waals surface area contributed by atoms with E-state index in [0.717, 1.165) is 13.1 Å². The highest BCUT2D eigenvalue weighted by atomic mass is 16.1. The third kappa shape index (κ3) is 3.85. The van der Waals surface area contributed by atoms with Crippen molar-refractivity contribution in [2.45, 2.75) is 65.1 Å². The zero-order valence-electron chi connectivity index (χ0n) is 12.9. The monoisotopic (exact) mass is 277 g/mol. The van der Waals surface area contributed by atoms with E-state index < -0.39 is 0 Å². The smallest absolute Gasteiger partial charge is 0.221 e. The Hall–Kier alpha value is -1.29. The average molecular weight is 277 g/mol. The molecule has 0 bridgehead atoms. The van der Waals surface area contributed by atoms with E-state index in [4.69, 9.17) is 0 Å². The Bertz CT molecular complexity index is 451. The number of fused-ring (bicyclic) bond motifs is 1. The van der Waals surface area contributed by atoms with Crippen LogP contribution in [0.1, 0.15) is 57.2 Å². The van der Waals surface area contributed by atoms with E-state index in [1.54, 1.807) is 0 Å². The minimum atomic E-state index is 0.134. The van der Waals surface area contributed by atoms with Crippen molar-refractivity contribution in [1.82, 2.24) is 15.2 Å². The molecule has 0 saturated carbocycles. The second kappa shape index (κ2) is 6.93. The summed E-state index contributed by atoms with van der Waals surface area (Å²) in [6.45, 7) is 7.92. The Labute approximate surface area is 121 Å². The summed E-state index contributed by atoms with van der Waals surface area (Å²) in [5, 5.41) is 6.49. The molecule has 1 heterocycles. The van der Waals surface area contributed by atoms with Crippen molar-refractivity contribution in [1.29, 1.82) is 0 Å². The number of hydrogen-bond acceptors (Lipinski definition) is 2. The molecule has 0 aliphatic heterocycles. The molecule has 0 spiro atoms. The van der Waals surface area contributed by atoms with Gasteiger partial charge in [0, 0.05) is 37.4 Å². The average Bonchev–Trinajstić information content (AvgIpc) is 2.80. The number of carbonyl (C=O) groups excluding carboxylic acids is 1. The van der Waals surface area contributed by atoms with Crippen molar-refractivity contribution < 1.29 is 4.79 Å². The van der Waals surface area contributed by atoms with Crippen molar-refractivity contribution in [2.75, 3.05) is 6.54 Å². The Morgan fingerprint density at radius 1 is 1.45 bits per heavy atom. The fourth-order valence-corrected chi connectivity index (χ4v) is 2.96. The van der Waals surface area contributed by atoms with Crippen LogP contribution in [0.4, 0.5) is 0 Å². The van der Waals surface area contributed by atoms with Crippen molar-refractivity contribution in [3.63, 3.8) is 0 Å². The van der Waals surface area contributed by atoms with Crippen LogP contribution < -0.4 is 10.6 Å². The minimum absolute atomic E-state index is 0.134. The van der Waals surface area contributed by atoms with Gasteiger partial charge in [0.2, 0.25) is 5.91 Å². The quantitative estimate of drug-likeness (QED) is 0.838. The Kier molecular flexibility index (Phi) is 5.24. The molecule has 1 unspecified atom stereocenters. The third-order valence-electron chi connectivity index (χ3n) is 3.81. The zero-order valence-corrected chi connectivity index (χ0v) is 12.9. The van der Waals surface area contributed by atoms with E-state index in [9.17, 15) is 4.79 Å². The fraction of sp³-hybridized carbons (Fsp3) is 0.688. The lowest BCUT2D eigenvalue weighted by Gasteiger charge is -2.22. The van der Waals surface area contributed by atoms with E-state index in [2.05, 4.69) is 34.5 Å². The number of nitrogens with zero attached hydrogens (tertiary/aromatic N) is 1. The van der Waals surface area contributed by atoms with E-state index in [0.29, 0.717) is 12.5 Å². The van der Waals surface area contributed by atoms with Gasteiger partial charge >= 0.3 is 0 Å². The van der Waals surface area contributed by atoms with Gasteiger partial charge in [-0.25, -0.2) is 0 Å². The maximum atomic E-state index is 11.7. The Morgan fingerprint density at radius 3 is 2.95 bits per heavy atom. The van der Waals surface area contributed by atoms with Crippen LogP contribution in [0.15, 0.2) is 12.4 Å². The number of carbonyl (C=O) groups is 1. The fourth-order valence-electron chi connectivity index (χ4n) is 2.96. The van der Waals surface area contributed by atoms with Gasteiger partial charge in [0.05, 0.1) is 0 Å². The van der Waals surface area contributed by atoms with Gasteiger partial charge in [-0.2, -0.15) is 0 Å². The van der Waals surface area contributed by atoms with Crippen LogP contribution in [-0.4, -0.2) is 23.1 Å². The van der Waals surface area contributed by atoms with E-state index in [-0.39, 0.29) is 11.9 Å². The summed E-state index contributed by atoms with van der Waals surface area (Å²) < 4.78 is 2.18. The molecule has 4 nitrogen and oxygen atoms in total. The second-order valence-corrected chi connectivity index (χ2v) is 5.95. The van der Waals surface area contributed by atoms with Crippen molar-refractivity contribution in [3.8, 4) is 0 Å². The molecule has 0 fully saturated rings. The van der Waals surface area contributed by atoms with Crippen molar-refractivity contribution in [3.05, 3.63) is 23.5 Å². The van der Waals surface area contributed by atoms with Crippen LogP contribution in [0.5, 0.6) is 0 Å². The van der Waals surface area contributed by atoms with Gasteiger partial charge in [0.1, 0.15) is 0 Å². The summed E-state index contributed by atoms with van der Waals surface area (Å²) in [5.74, 6) is 0.134. The molecular formula is C16H27N3O. The molecule has 4 heteroatoms. The lowest BCUT2D eigenvalue weighted by atomic mass is 9.91. The van der Waals surface area contributed by atoms with Crippen LogP contribution in [-0.2, 0) is 17.8 Å². The number of aromatic nitrogens is 1. The molecule has 2 rings (SSSR count). The predicted octanol–water partition coefficient (Wildman–Crippen LogP) is 2.39. The Morgan fingerprint density at radius 2 is 2.25 bits per heavy atom. The molecule has 2 N–H and O–H groups in total. The SMILES string of the molecule is CCNC1CCCc2cn(CCC(=O)NC(C)C)cc21. The lowest BCUT2D eigenvalue weighted by Crippen LogP contribution is -2.30. The van der Waals surface area contributed by atoms with E-state index in [1.807, 2.05) is 13.8 Å². The highest BCUT2D eigenvalue weighted by Gasteiger charge is 2.21. The Balaban J connectivity index is 1.95. The van der Waals surface area contributed by atoms with Crippen molar-refractivity contribution in [2.24, 2.45) is 0 Å². The molecule has 1 atom stereocenters. The first-order valence-corrected chi connectivity index (χ1v) is 7.81. The maximum Gasteiger partial charge on any atom is 0.221 e. The van der Waals surface area contributed by atoms with Gasteiger partial charge in [-0.3, -0.25) is 4.79 Å². The van der Waals surface area contributed by atoms with Crippen LogP contribution in [0.25, 0.3) is 0 Å². The number of nitrogens with one attached hydrogen (secondary N) is 2. The summed E-state index contributed by atoms with van der Waals surface area (Å²) in [7, 11) is 0. The van der Waals surface area contributed by atoms with Crippen molar-refractivity contribution >= 4 is 5.91 Å². The van der Waals surface area contributed by atoms with E-state index >= 15 is 0 Å². The molecule has 1 aromatic rings. The number of rotatable bonds is 6. The summed E-state index contributed by atoms with van der Waals surface area (Å²) in [6.07, 6.45) is 8.65. The van der Waals surface area contributed by atoms with Gasteiger partial charge in [-0.15, -0.1) is 0 Å². The topological polar surface area (TPSA) is 46.1 Å². The van der Waals surface area contributed by atoms with Gasteiger partial charge in [0.25, 0.3) is 0 Å². The molecule has 0 saturated heterocycles. The minimum Gasteiger partial charge on any atom is -0.354 e. The summed E-state index contributed by atoms with van der Waals surface area (Å²) in [4.78, 5) is 11.7. The largest absolute Gasteiger partial charge is 0.354 e. The molecule has 1 aliphatic carbocycles. The van der Waals surface area contributed by atoms with Crippen LogP contribution >= 0.6 is 0 Å². The third-order valence-corrected chi connectivity index (χ3v) is 3.81. The van der Waals surface area contributed by atoms with Crippen LogP contribution in [0.3, 0.4) is 0 Å². The number of amides is 1. The number of hydrogen-bond donors (Lipinski definition) is 2. The normalized spacial score (nSPS) is 18.1. The van der Waals surface area contributed by atoms with Gasteiger partial charge in [0.15, 0.2) is 0 Å². The van der Waals surface area contributed by atoms with Gasteiger partial charge < -0.3 is 15.2 Å². The summed E-state index contributed by atoms with van der Waals surface area (Å²) in [5.41, 5.74) is 2.88. The molecule has 1 amide bonds. The molecule has 112 valence electrons. The predicted molar refractivity (Wildman–Crippen MR) is 81.7 cm³/mol. The zero-order chi connectivity index (χ0) is 14.5. The second-order valence-electron chi connectivity index (χ2n) is 5.95. The lowest BCUT2D eigenvalue weighted by molar-refractivity contribution is -0.121. The van der Waals surface area contributed by atoms with Gasteiger partial charge in [-0.05, 0) is 50.8 Å². The molecule has 0 aromatic carbocycles. The molecule has 1 aromatic heterocycles. The van der Waals surface area contributed by atoms with E-state index in [1.165, 1.54) is 30.4 Å². The molecule has 1 aliphatic rings. The standard InChI is InChI=1S/C16H27N3O/c1-4-17-15-7-5-6-13-10-19(11-14(13)15)9-8-16(20)18-12(2)3/h10-12,15,17H,4-9H2,1-3H3,(H,18,20). The number of aryl methyl sites for hydroxylation is 2. The van der Waals surface area contributed by atoms with Crippen LogP contribution in [0, 0.1) is 0 Å². The highest BCUT2D eigenvalue weighted by molar-refractivity contribution is 5.76. The summed E-state index contributed by atoms with van der Waals surface area (Å²) in [6, 6.07) is 0.716. The molecule has 0 radical (unpaired) electrons. The van der Waals surface area contributed by atoms with Gasteiger partial charge in [-0.1, -0.05) is 6.92 Å². The molecule has 20 heavy (non-hydrogen) atoms. The maximum absolute atomic E-state index is 11.7. The van der Waals surface area contributed by atoms with Crippen LogP contribution in [0.2, 0.25) is 0 Å². The first kappa shape index (κ1) is 15.1. The highest BCUT2D eigenvalue weighted by Crippen LogP contribution is 2.30. The summed E-state index contributed by atoms with van der Waals surface area (Å²) >= 11 is 0. The first-order chi connectivity index (χ1) is 9.60.